The monoisotopic (exact) mass is 566 g/mol. The van der Waals surface area contributed by atoms with Crippen molar-refractivity contribution < 1.29 is 19.4 Å². The van der Waals surface area contributed by atoms with E-state index in [0.717, 1.165) is 17.9 Å². The first-order valence-electron chi connectivity index (χ1n) is 11.8. The number of pyridine rings is 1. The Kier molecular flexibility index (Phi) is 7.56. The molecule has 0 atom stereocenters. The van der Waals surface area contributed by atoms with Crippen LogP contribution in [0.2, 0.25) is 15.1 Å². The molecule has 0 saturated heterocycles. The fourth-order valence-corrected chi connectivity index (χ4v) is 4.38. The lowest BCUT2D eigenvalue weighted by Crippen LogP contribution is -2.20. The van der Waals surface area contributed by atoms with Gasteiger partial charge in [-0.25, -0.2) is 4.79 Å². The summed E-state index contributed by atoms with van der Waals surface area (Å²) in [5.41, 5.74) is 2.05. The lowest BCUT2D eigenvalue weighted by atomic mass is 10.0. The van der Waals surface area contributed by atoms with Crippen LogP contribution in [-0.2, 0) is 0 Å². The van der Waals surface area contributed by atoms with Crippen molar-refractivity contribution in [2.24, 2.45) is 5.92 Å². The van der Waals surface area contributed by atoms with E-state index in [0.29, 0.717) is 21.7 Å². The van der Waals surface area contributed by atoms with Gasteiger partial charge in [-0.2, -0.15) is 0 Å². The first-order chi connectivity index (χ1) is 18.3. The maximum Gasteiger partial charge on any atom is 0.339 e. The van der Waals surface area contributed by atoms with Crippen LogP contribution in [0.4, 0.5) is 11.4 Å². The molecule has 9 heteroatoms. The Bertz CT molecular complexity index is 1500. The molecule has 38 heavy (non-hydrogen) atoms. The minimum absolute atomic E-state index is 0.0643. The second kappa shape index (κ2) is 11.0. The molecule has 0 spiro atoms. The highest BCUT2D eigenvalue weighted by atomic mass is 35.5. The van der Waals surface area contributed by atoms with E-state index in [9.17, 15) is 14.7 Å². The summed E-state index contributed by atoms with van der Waals surface area (Å²) in [4.78, 5) is 31.7. The van der Waals surface area contributed by atoms with Crippen molar-refractivity contribution >= 4 is 57.9 Å². The molecule has 1 aliphatic carbocycles. The van der Waals surface area contributed by atoms with E-state index >= 15 is 0 Å². The first kappa shape index (κ1) is 26.0. The van der Waals surface area contributed by atoms with Crippen LogP contribution in [0.15, 0.2) is 79.0 Å². The Balaban J connectivity index is 1.38. The number of benzene rings is 3. The topological polar surface area (TPSA) is 79.7 Å². The number of aromatic carboxylic acids is 1. The molecule has 1 fully saturated rings. The molecule has 5 rings (SSSR count). The van der Waals surface area contributed by atoms with Gasteiger partial charge in [0.15, 0.2) is 0 Å². The Hall–Kier alpha value is -3.58. The van der Waals surface area contributed by atoms with Gasteiger partial charge in [-0.3, -0.25) is 9.78 Å². The zero-order valence-corrected chi connectivity index (χ0v) is 22.2. The van der Waals surface area contributed by atoms with Crippen LogP contribution in [0.5, 0.6) is 11.5 Å². The van der Waals surface area contributed by atoms with Gasteiger partial charge in [0.2, 0.25) is 5.78 Å². The maximum absolute atomic E-state index is 13.2. The number of aromatic nitrogens is 1. The Morgan fingerprint density at radius 2 is 1.63 bits per heavy atom. The van der Waals surface area contributed by atoms with E-state index in [1.807, 2.05) is 30.3 Å². The number of ether oxygens (including phenoxy) is 1. The van der Waals surface area contributed by atoms with Crippen LogP contribution in [-0.4, -0.2) is 28.4 Å². The van der Waals surface area contributed by atoms with Crippen LogP contribution in [0.25, 0.3) is 0 Å². The quantitative estimate of drug-likeness (QED) is 0.205. The number of nitrogens with zero attached hydrogens (tertiary/aromatic N) is 2. The number of hydrogen-bond donors (Lipinski definition) is 1. The van der Waals surface area contributed by atoms with Crippen LogP contribution < -0.4 is 9.64 Å². The van der Waals surface area contributed by atoms with E-state index in [-0.39, 0.29) is 27.6 Å². The highest BCUT2D eigenvalue weighted by Gasteiger charge is 2.26. The van der Waals surface area contributed by atoms with Crippen LogP contribution in [0.3, 0.4) is 0 Å². The zero-order chi connectivity index (χ0) is 26.8. The Labute approximate surface area is 234 Å². The second-order valence-corrected chi connectivity index (χ2v) is 10.2. The Morgan fingerprint density at radius 3 is 2.26 bits per heavy atom. The minimum atomic E-state index is -1.24. The molecule has 4 aromatic rings. The number of anilines is 2. The molecule has 0 radical (unpaired) electrons. The SMILES string of the molecule is O=C(c1ccc(Oc2ccc(Cl)c(Cl)c2)c(C(=O)O)c1)c1ccc(N(CC2CC2)c2ccc(Cl)cc2)cn1. The largest absolute Gasteiger partial charge is 0.478 e. The molecule has 1 saturated carbocycles. The standard InChI is InChI=1S/C29H21Cl3N2O4/c30-19-4-6-20(7-5-19)34(16-17-1-2-17)21-8-11-26(33-15-21)28(35)18-3-12-27(23(13-18)29(36)37)38-22-9-10-24(31)25(32)14-22/h3-15,17H,1-2,16H2,(H,36,37). The lowest BCUT2D eigenvalue weighted by molar-refractivity contribution is 0.0694. The third-order valence-electron chi connectivity index (χ3n) is 6.16. The predicted octanol–water partition coefficient (Wildman–Crippen LogP) is 8.31. The highest BCUT2D eigenvalue weighted by Crippen LogP contribution is 2.36. The summed E-state index contributed by atoms with van der Waals surface area (Å²) in [5.74, 6) is -0.646. The zero-order valence-electron chi connectivity index (χ0n) is 19.9. The fraction of sp³-hybridized carbons (Fsp3) is 0.138. The molecule has 6 nitrogen and oxygen atoms in total. The van der Waals surface area contributed by atoms with Gasteiger partial charge in [0.05, 0.1) is 21.9 Å². The van der Waals surface area contributed by atoms with Gasteiger partial charge >= 0.3 is 5.97 Å². The summed E-state index contributed by atoms with van der Waals surface area (Å²) in [6.45, 7) is 0.846. The number of carboxylic acids is 1. The summed E-state index contributed by atoms with van der Waals surface area (Å²) >= 11 is 18.0. The third-order valence-corrected chi connectivity index (χ3v) is 7.15. The van der Waals surface area contributed by atoms with Gasteiger partial charge in [-0.15, -0.1) is 0 Å². The van der Waals surface area contributed by atoms with Crippen molar-refractivity contribution in [2.45, 2.75) is 12.8 Å². The summed E-state index contributed by atoms with van der Waals surface area (Å²) < 4.78 is 5.71. The predicted molar refractivity (Wildman–Crippen MR) is 149 cm³/mol. The highest BCUT2D eigenvalue weighted by molar-refractivity contribution is 6.42. The van der Waals surface area contributed by atoms with Gasteiger partial charge in [-0.1, -0.05) is 34.8 Å². The molecule has 0 aliphatic heterocycles. The molecule has 1 N–H and O–H groups in total. The van der Waals surface area contributed by atoms with Crippen molar-refractivity contribution in [2.75, 3.05) is 11.4 Å². The molecule has 3 aromatic carbocycles. The van der Waals surface area contributed by atoms with Crippen LogP contribution in [0, 0.1) is 5.92 Å². The molecule has 0 unspecified atom stereocenters. The van der Waals surface area contributed by atoms with Crippen molar-refractivity contribution in [1.82, 2.24) is 4.98 Å². The summed E-state index contributed by atoms with van der Waals surface area (Å²) in [5, 5.41) is 11.0. The number of halogens is 3. The van der Waals surface area contributed by atoms with E-state index in [4.69, 9.17) is 39.5 Å². The maximum atomic E-state index is 13.2. The van der Waals surface area contributed by atoms with Crippen LogP contribution in [0.1, 0.15) is 39.3 Å². The van der Waals surface area contributed by atoms with Crippen molar-refractivity contribution in [3.05, 3.63) is 111 Å². The Morgan fingerprint density at radius 1 is 0.895 bits per heavy atom. The van der Waals surface area contributed by atoms with Gasteiger partial charge in [-0.05, 0) is 85.5 Å². The average Bonchev–Trinajstić information content (AvgIpc) is 3.74. The van der Waals surface area contributed by atoms with Gasteiger partial charge in [0.25, 0.3) is 0 Å². The number of rotatable bonds is 9. The van der Waals surface area contributed by atoms with Crippen molar-refractivity contribution in [1.29, 1.82) is 0 Å². The normalized spacial score (nSPS) is 12.7. The van der Waals surface area contributed by atoms with E-state index in [1.165, 1.54) is 37.1 Å². The van der Waals surface area contributed by atoms with E-state index in [1.54, 1.807) is 24.4 Å². The van der Waals surface area contributed by atoms with E-state index in [2.05, 4.69) is 9.88 Å². The average molecular weight is 568 g/mol. The van der Waals surface area contributed by atoms with Gasteiger partial charge in [0.1, 0.15) is 22.8 Å². The third kappa shape index (κ3) is 5.94. The number of carboxylic acid groups (broad SMARTS) is 1. The number of carbonyl (C=O) groups excluding carboxylic acids is 1. The number of carbonyl (C=O) groups is 2. The molecule has 1 aliphatic rings. The van der Waals surface area contributed by atoms with Crippen molar-refractivity contribution in [3.63, 3.8) is 0 Å². The molecule has 0 amide bonds. The second-order valence-electron chi connectivity index (χ2n) is 8.96. The molecular weight excluding hydrogens is 547 g/mol. The summed E-state index contributed by atoms with van der Waals surface area (Å²) in [6, 6.07) is 19.9. The summed E-state index contributed by atoms with van der Waals surface area (Å²) in [7, 11) is 0. The van der Waals surface area contributed by atoms with Gasteiger partial charge in [0, 0.05) is 28.9 Å². The van der Waals surface area contributed by atoms with Crippen LogP contribution >= 0.6 is 34.8 Å². The lowest BCUT2D eigenvalue weighted by Gasteiger charge is -2.25. The molecule has 1 heterocycles. The summed E-state index contributed by atoms with van der Waals surface area (Å²) in [6.07, 6.45) is 4.03. The molecule has 1 aromatic heterocycles. The van der Waals surface area contributed by atoms with Crippen molar-refractivity contribution in [3.8, 4) is 11.5 Å². The first-order valence-corrected chi connectivity index (χ1v) is 13.0. The molecular formula is C29H21Cl3N2O4. The van der Waals surface area contributed by atoms with E-state index < -0.39 is 11.8 Å². The number of ketones is 1. The fourth-order valence-electron chi connectivity index (χ4n) is 3.96. The van der Waals surface area contributed by atoms with Gasteiger partial charge < -0.3 is 14.7 Å². The number of hydrogen-bond acceptors (Lipinski definition) is 5. The molecule has 192 valence electrons. The minimum Gasteiger partial charge on any atom is -0.478 e. The molecule has 0 bridgehead atoms. The smallest absolute Gasteiger partial charge is 0.339 e.